The van der Waals surface area contributed by atoms with Gasteiger partial charge in [-0.3, -0.25) is 0 Å². The van der Waals surface area contributed by atoms with E-state index in [1.807, 2.05) is 31.4 Å². The van der Waals surface area contributed by atoms with Crippen molar-refractivity contribution in [1.29, 1.82) is 0 Å². The average molecular weight is 474 g/mol. The predicted octanol–water partition coefficient (Wildman–Crippen LogP) is 3.68. The first kappa shape index (κ1) is 24.1. The third kappa shape index (κ3) is 8.11. The Bertz CT molecular complexity index is 1010. The first-order valence-electron chi connectivity index (χ1n) is 10.4. The van der Waals surface area contributed by atoms with Gasteiger partial charge >= 0.3 is 12.0 Å². The van der Waals surface area contributed by atoms with Crippen molar-refractivity contribution < 1.29 is 24.1 Å². The largest absolute Gasteiger partial charge is 0.490 e. The standard InChI is InChI=1S/C22H27N5O5S/c1-14(2)24-21-25-20(23-13-18-5-4-12-33-18)26-22(27-21)31-11-10-30-16-6-8-17(9-7-16)32-15(3)19(28)29/h4-9,12,14-15H,10-11,13H2,1-3H3,(H,28,29)(H2,23,24,25,26,27). The number of anilines is 2. The summed E-state index contributed by atoms with van der Waals surface area (Å²) in [5.74, 6) is 0.873. The van der Waals surface area contributed by atoms with Gasteiger partial charge < -0.3 is 30.0 Å². The van der Waals surface area contributed by atoms with Crippen LogP contribution >= 0.6 is 11.3 Å². The molecule has 0 aliphatic rings. The van der Waals surface area contributed by atoms with E-state index in [2.05, 4.69) is 25.6 Å². The number of rotatable bonds is 13. The van der Waals surface area contributed by atoms with Crippen LogP contribution < -0.4 is 24.8 Å². The number of aromatic nitrogens is 3. The lowest BCUT2D eigenvalue weighted by molar-refractivity contribution is -0.144. The van der Waals surface area contributed by atoms with E-state index >= 15 is 0 Å². The molecule has 0 aliphatic carbocycles. The second-order valence-corrected chi connectivity index (χ2v) is 8.30. The Balaban J connectivity index is 1.52. The van der Waals surface area contributed by atoms with Crippen molar-refractivity contribution in [2.45, 2.75) is 39.5 Å². The summed E-state index contributed by atoms with van der Waals surface area (Å²) in [4.78, 5) is 25.0. The molecule has 0 radical (unpaired) electrons. The first-order valence-corrected chi connectivity index (χ1v) is 11.3. The molecule has 3 rings (SSSR count). The molecule has 0 fully saturated rings. The Morgan fingerprint density at radius 1 is 1.00 bits per heavy atom. The van der Waals surface area contributed by atoms with Crippen LogP contribution in [0.4, 0.5) is 11.9 Å². The second-order valence-electron chi connectivity index (χ2n) is 7.26. The molecule has 1 aromatic carbocycles. The molecule has 10 nitrogen and oxygen atoms in total. The number of thiophene rings is 1. The number of ether oxygens (including phenoxy) is 3. The Kier molecular flexibility index (Phi) is 8.64. The lowest BCUT2D eigenvalue weighted by Crippen LogP contribution is -2.22. The van der Waals surface area contributed by atoms with Crippen molar-refractivity contribution in [3.05, 3.63) is 46.7 Å². The van der Waals surface area contributed by atoms with Gasteiger partial charge in [0.05, 0.1) is 6.54 Å². The number of hydrogen-bond acceptors (Lipinski definition) is 10. The first-order chi connectivity index (χ1) is 15.9. The highest BCUT2D eigenvalue weighted by atomic mass is 32.1. The Hall–Kier alpha value is -3.60. The van der Waals surface area contributed by atoms with Gasteiger partial charge in [0.1, 0.15) is 24.7 Å². The quantitative estimate of drug-likeness (QED) is 0.316. The van der Waals surface area contributed by atoms with Crippen molar-refractivity contribution >= 4 is 29.2 Å². The average Bonchev–Trinajstić information content (AvgIpc) is 3.29. The number of hydrogen-bond donors (Lipinski definition) is 3. The summed E-state index contributed by atoms with van der Waals surface area (Å²) in [5, 5.41) is 17.3. The maximum atomic E-state index is 10.9. The lowest BCUT2D eigenvalue weighted by atomic mass is 10.3. The van der Waals surface area contributed by atoms with Gasteiger partial charge in [0.15, 0.2) is 6.10 Å². The van der Waals surface area contributed by atoms with Gasteiger partial charge in [0, 0.05) is 10.9 Å². The molecule has 0 bridgehead atoms. The molecule has 0 amide bonds. The molecule has 176 valence electrons. The Morgan fingerprint density at radius 3 is 2.36 bits per heavy atom. The molecule has 0 saturated carbocycles. The van der Waals surface area contributed by atoms with E-state index in [9.17, 15) is 4.79 Å². The number of carbonyl (C=O) groups is 1. The van der Waals surface area contributed by atoms with Crippen LogP contribution in [0.5, 0.6) is 17.5 Å². The van der Waals surface area contributed by atoms with Gasteiger partial charge in [-0.15, -0.1) is 11.3 Å². The van der Waals surface area contributed by atoms with Crippen molar-refractivity contribution in [1.82, 2.24) is 15.0 Å². The van der Waals surface area contributed by atoms with Crippen LogP contribution in [0.15, 0.2) is 41.8 Å². The zero-order valence-corrected chi connectivity index (χ0v) is 19.5. The Morgan fingerprint density at radius 2 is 1.70 bits per heavy atom. The normalized spacial score (nSPS) is 11.6. The molecule has 0 aliphatic heterocycles. The van der Waals surface area contributed by atoms with Crippen LogP contribution in [0, 0.1) is 0 Å². The van der Waals surface area contributed by atoms with Crippen LogP contribution in [-0.4, -0.2) is 51.4 Å². The predicted molar refractivity (Wildman–Crippen MR) is 125 cm³/mol. The van der Waals surface area contributed by atoms with E-state index in [1.165, 1.54) is 11.8 Å². The number of nitrogens with zero attached hydrogens (tertiary/aromatic N) is 3. The van der Waals surface area contributed by atoms with Gasteiger partial charge in [0.2, 0.25) is 11.9 Å². The monoisotopic (exact) mass is 473 g/mol. The molecule has 3 N–H and O–H groups in total. The molecule has 1 atom stereocenters. The molecular formula is C22H27N5O5S. The summed E-state index contributed by atoms with van der Waals surface area (Å²) in [6, 6.07) is 11.1. The number of nitrogens with one attached hydrogen (secondary N) is 2. The highest BCUT2D eigenvalue weighted by molar-refractivity contribution is 7.09. The van der Waals surface area contributed by atoms with Crippen LogP contribution in [0.25, 0.3) is 0 Å². The van der Waals surface area contributed by atoms with Crippen LogP contribution in [0.1, 0.15) is 25.6 Å². The SMILES string of the molecule is CC(C)Nc1nc(NCc2cccs2)nc(OCCOc2ccc(OC(C)C(=O)O)cc2)n1. The van der Waals surface area contributed by atoms with Crippen molar-refractivity contribution in [3.63, 3.8) is 0 Å². The van der Waals surface area contributed by atoms with Crippen LogP contribution in [0.2, 0.25) is 0 Å². The zero-order valence-electron chi connectivity index (χ0n) is 18.6. The fraction of sp³-hybridized carbons (Fsp3) is 0.364. The van der Waals surface area contributed by atoms with Gasteiger partial charge in [-0.05, 0) is 56.5 Å². The molecule has 0 saturated heterocycles. The molecule has 2 aromatic heterocycles. The van der Waals surface area contributed by atoms with Gasteiger partial charge in [-0.1, -0.05) is 6.07 Å². The fourth-order valence-electron chi connectivity index (χ4n) is 2.56. The molecule has 2 heterocycles. The van der Waals surface area contributed by atoms with Crippen LogP contribution in [-0.2, 0) is 11.3 Å². The fourth-order valence-corrected chi connectivity index (χ4v) is 3.21. The van der Waals surface area contributed by atoms with Gasteiger partial charge in [-0.2, -0.15) is 15.0 Å². The summed E-state index contributed by atoms with van der Waals surface area (Å²) >= 11 is 1.65. The topological polar surface area (TPSA) is 128 Å². The smallest absolute Gasteiger partial charge is 0.344 e. The van der Waals surface area contributed by atoms with E-state index in [0.717, 1.165) is 0 Å². The molecule has 3 aromatic rings. The van der Waals surface area contributed by atoms with Gasteiger partial charge in [-0.25, -0.2) is 4.79 Å². The van der Waals surface area contributed by atoms with E-state index in [-0.39, 0.29) is 25.3 Å². The van der Waals surface area contributed by atoms with Crippen molar-refractivity contribution in [2.75, 3.05) is 23.8 Å². The Labute approximate surface area is 196 Å². The molecule has 0 spiro atoms. The lowest BCUT2D eigenvalue weighted by Gasteiger charge is -2.13. The number of carboxylic acids is 1. The molecular weight excluding hydrogens is 446 g/mol. The summed E-state index contributed by atoms with van der Waals surface area (Å²) in [6.07, 6.45) is -0.926. The van der Waals surface area contributed by atoms with Crippen molar-refractivity contribution in [2.24, 2.45) is 0 Å². The highest BCUT2D eigenvalue weighted by Gasteiger charge is 2.12. The minimum atomic E-state index is -1.03. The molecule has 11 heteroatoms. The summed E-state index contributed by atoms with van der Waals surface area (Å²) < 4.78 is 16.6. The second kappa shape index (κ2) is 11.9. The maximum Gasteiger partial charge on any atom is 0.344 e. The van der Waals surface area contributed by atoms with Crippen molar-refractivity contribution in [3.8, 4) is 17.5 Å². The third-order valence-corrected chi connectivity index (χ3v) is 4.98. The molecule has 1 unspecified atom stereocenters. The molecule has 33 heavy (non-hydrogen) atoms. The number of benzene rings is 1. The summed E-state index contributed by atoms with van der Waals surface area (Å²) in [5.41, 5.74) is 0. The number of carboxylic acid groups (broad SMARTS) is 1. The highest BCUT2D eigenvalue weighted by Crippen LogP contribution is 2.19. The van der Waals surface area contributed by atoms with E-state index in [4.69, 9.17) is 19.3 Å². The summed E-state index contributed by atoms with van der Waals surface area (Å²) in [7, 11) is 0. The maximum absolute atomic E-state index is 10.9. The van der Waals surface area contributed by atoms with Crippen LogP contribution in [0.3, 0.4) is 0 Å². The number of aliphatic carboxylic acids is 1. The zero-order chi connectivity index (χ0) is 23.6. The van der Waals surface area contributed by atoms with Gasteiger partial charge in [0.25, 0.3) is 0 Å². The third-order valence-electron chi connectivity index (χ3n) is 4.10. The summed E-state index contributed by atoms with van der Waals surface area (Å²) in [6.45, 7) is 6.56. The van der Waals surface area contributed by atoms with E-state index in [1.54, 1.807) is 35.6 Å². The minimum absolute atomic E-state index is 0.152. The minimum Gasteiger partial charge on any atom is -0.490 e. The van der Waals surface area contributed by atoms with E-state index in [0.29, 0.717) is 29.9 Å². The van der Waals surface area contributed by atoms with E-state index < -0.39 is 12.1 Å².